The summed E-state index contributed by atoms with van der Waals surface area (Å²) < 4.78 is 15.3. The highest BCUT2D eigenvalue weighted by Crippen LogP contribution is 2.23. The number of benzene rings is 2. The molecule has 2 aromatic carbocycles. The highest BCUT2D eigenvalue weighted by Gasteiger charge is 2.16. The van der Waals surface area contributed by atoms with Gasteiger partial charge >= 0.3 is 5.97 Å². The average molecular weight is 399 g/mol. The van der Waals surface area contributed by atoms with Gasteiger partial charge in [0.2, 0.25) is 0 Å². The van der Waals surface area contributed by atoms with Crippen molar-refractivity contribution in [2.45, 2.75) is 26.7 Å². The Balaban J connectivity index is 1.79. The van der Waals surface area contributed by atoms with Crippen LogP contribution in [-0.4, -0.2) is 38.1 Å². The number of nitrogens with one attached hydrogen (secondary N) is 1. The Hall–Kier alpha value is -3.35. The summed E-state index contributed by atoms with van der Waals surface area (Å²) in [5.41, 5.74) is 2.48. The summed E-state index contributed by atoms with van der Waals surface area (Å²) in [5, 5.41) is 2.15. The summed E-state index contributed by atoms with van der Waals surface area (Å²) in [6, 6.07) is 12.1. The minimum Gasteiger partial charge on any atom is -0.496 e. The van der Waals surface area contributed by atoms with E-state index in [9.17, 15) is 14.4 Å². The van der Waals surface area contributed by atoms with E-state index in [1.807, 2.05) is 19.1 Å². The Labute approximate surface area is 170 Å². The van der Waals surface area contributed by atoms with E-state index in [4.69, 9.17) is 14.2 Å². The van der Waals surface area contributed by atoms with Gasteiger partial charge in [-0.1, -0.05) is 32.0 Å². The van der Waals surface area contributed by atoms with E-state index in [0.717, 1.165) is 5.56 Å². The summed E-state index contributed by atoms with van der Waals surface area (Å²) in [4.78, 5) is 35.8. The second-order valence-electron chi connectivity index (χ2n) is 6.70. The molecule has 7 heteroatoms. The van der Waals surface area contributed by atoms with Crippen LogP contribution in [0.3, 0.4) is 0 Å². The van der Waals surface area contributed by atoms with Crippen molar-refractivity contribution in [3.8, 4) is 11.5 Å². The zero-order valence-corrected chi connectivity index (χ0v) is 17.0. The Morgan fingerprint density at radius 1 is 1.03 bits per heavy atom. The summed E-state index contributed by atoms with van der Waals surface area (Å²) in [6.07, 6.45) is 0. The number of methoxy groups -OCH3 is 1. The minimum absolute atomic E-state index is 0.207. The summed E-state index contributed by atoms with van der Waals surface area (Å²) in [5.74, 6) is -0.824. The number of carbonyl (C=O) groups is 3. The van der Waals surface area contributed by atoms with Gasteiger partial charge in [-0.2, -0.15) is 0 Å². The summed E-state index contributed by atoms with van der Waals surface area (Å²) in [7, 11) is 1.42. The lowest BCUT2D eigenvalue weighted by atomic mass is 9.98. The zero-order chi connectivity index (χ0) is 21.4. The maximum atomic E-state index is 12.1. The van der Waals surface area contributed by atoms with Gasteiger partial charge in [0.05, 0.1) is 12.7 Å². The van der Waals surface area contributed by atoms with Crippen LogP contribution in [0.1, 0.15) is 41.3 Å². The van der Waals surface area contributed by atoms with Crippen molar-refractivity contribution in [1.82, 2.24) is 5.32 Å². The number of hydrogen-bond acceptors (Lipinski definition) is 6. The molecule has 29 heavy (non-hydrogen) atoms. The van der Waals surface area contributed by atoms with Crippen LogP contribution in [0, 0.1) is 6.92 Å². The number of aryl methyl sites for hydroxylation is 1. The van der Waals surface area contributed by atoms with Crippen LogP contribution in [0.4, 0.5) is 0 Å². The largest absolute Gasteiger partial charge is 0.496 e. The molecule has 2 rings (SSSR count). The lowest BCUT2D eigenvalue weighted by molar-refractivity contribution is -0.150. The number of imide groups is 1. The molecule has 0 spiro atoms. The van der Waals surface area contributed by atoms with E-state index in [1.165, 1.54) is 18.7 Å². The monoisotopic (exact) mass is 399 g/mol. The Kier molecular flexibility index (Phi) is 7.77. The lowest BCUT2D eigenvalue weighted by Crippen LogP contribution is -2.34. The number of rotatable bonds is 8. The fourth-order valence-electron chi connectivity index (χ4n) is 2.78. The van der Waals surface area contributed by atoms with E-state index >= 15 is 0 Å². The van der Waals surface area contributed by atoms with Gasteiger partial charge in [-0.15, -0.1) is 0 Å². The van der Waals surface area contributed by atoms with Crippen LogP contribution >= 0.6 is 0 Å². The third-order valence-corrected chi connectivity index (χ3v) is 4.19. The second-order valence-corrected chi connectivity index (χ2v) is 6.70. The highest BCUT2D eigenvalue weighted by molar-refractivity contribution is 6.06. The van der Waals surface area contributed by atoms with E-state index < -0.39 is 24.4 Å². The van der Waals surface area contributed by atoms with Crippen molar-refractivity contribution in [3.05, 3.63) is 59.2 Å². The first-order chi connectivity index (χ1) is 13.8. The topological polar surface area (TPSA) is 90.9 Å². The Morgan fingerprint density at radius 2 is 1.76 bits per heavy atom. The molecule has 2 amide bonds. The molecule has 0 aliphatic heterocycles. The first kappa shape index (κ1) is 21.9. The number of ether oxygens (including phenoxy) is 3. The van der Waals surface area contributed by atoms with Crippen molar-refractivity contribution < 1.29 is 28.6 Å². The van der Waals surface area contributed by atoms with E-state index in [0.29, 0.717) is 17.4 Å². The van der Waals surface area contributed by atoms with Gasteiger partial charge in [-0.25, -0.2) is 4.79 Å². The van der Waals surface area contributed by atoms with Gasteiger partial charge in [-0.05, 0) is 48.2 Å². The molecule has 7 nitrogen and oxygen atoms in total. The Bertz CT molecular complexity index is 891. The van der Waals surface area contributed by atoms with Crippen LogP contribution in [0.2, 0.25) is 0 Å². The Morgan fingerprint density at radius 3 is 2.41 bits per heavy atom. The van der Waals surface area contributed by atoms with E-state index in [-0.39, 0.29) is 12.2 Å². The van der Waals surface area contributed by atoms with Gasteiger partial charge in [0, 0.05) is 0 Å². The standard InChI is InChI=1S/C22H25NO6/c1-14(2)17-10-9-16(11-15(17)3)28-13-21(25)29-12-20(24)23-22(26)18-7-5-6-8-19(18)27-4/h5-11,14H,12-13H2,1-4H3,(H,23,24,26). The molecular formula is C22H25NO6. The molecule has 0 radical (unpaired) electrons. The van der Waals surface area contributed by atoms with Crippen molar-refractivity contribution >= 4 is 17.8 Å². The highest BCUT2D eigenvalue weighted by atomic mass is 16.6. The predicted octanol–water partition coefficient (Wildman–Crippen LogP) is 3.01. The number of esters is 1. The molecule has 0 bridgehead atoms. The van der Waals surface area contributed by atoms with Gasteiger partial charge < -0.3 is 14.2 Å². The average Bonchev–Trinajstić information content (AvgIpc) is 2.70. The van der Waals surface area contributed by atoms with Crippen molar-refractivity contribution in [3.63, 3.8) is 0 Å². The van der Waals surface area contributed by atoms with Gasteiger partial charge in [0.15, 0.2) is 13.2 Å². The molecule has 0 unspecified atom stereocenters. The van der Waals surface area contributed by atoms with Crippen LogP contribution in [0.5, 0.6) is 11.5 Å². The van der Waals surface area contributed by atoms with Crippen molar-refractivity contribution in [2.24, 2.45) is 0 Å². The molecule has 0 aliphatic carbocycles. The maximum Gasteiger partial charge on any atom is 0.344 e. The maximum absolute atomic E-state index is 12.1. The minimum atomic E-state index is -0.744. The summed E-state index contributed by atoms with van der Waals surface area (Å²) in [6.45, 7) is 5.25. The van der Waals surface area contributed by atoms with Gasteiger partial charge in [-0.3, -0.25) is 14.9 Å². The molecule has 0 saturated heterocycles. The zero-order valence-electron chi connectivity index (χ0n) is 17.0. The van der Waals surface area contributed by atoms with Gasteiger partial charge in [0.25, 0.3) is 11.8 Å². The fraction of sp³-hybridized carbons (Fsp3) is 0.318. The normalized spacial score (nSPS) is 10.4. The van der Waals surface area contributed by atoms with E-state index in [2.05, 4.69) is 19.2 Å². The molecule has 0 fully saturated rings. The molecule has 0 aliphatic rings. The first-order valence-electron chi connectivity index (χ1n) is 9.18. The molecule has 154 valence electrons. The SMILES string of the molecule is COc1ccccc1C(=O)NC(=O)COC(=O)COc1ccc(C(C)C)c(C)c1. The van der Waals surface area contributed by atoms with Crippen LogP contribution in [0.15, 0.2) is 42.5 Å². The van der Waals surface area contributed by atoms with E-state index in [1.54, 1.807) is 24.3 Å². The van der Waals surface area contributed by atoms with Gasteiger partial charge in [0.1, 0.15) is 11.5 Å². The van der Waals surface area contributed by atoms with Crippen LogP contribution < -0.4 is 14.8 Å². The number of carbonyl (C=O) groups excluding carboxylic acids is 3. The van der Waals surface area contributed by atoms with Crippen molar-refractivity contribution in [2.75, 3.05) is 20.3 Å². The second kappa shape index (κ2) is 10.3. The molecule has 2 aromatic rings. The lowest BCUT2D eigenvalue weighted by Gasteiger charge is -2.12. The van der Waals surface area contributed by atoms with Crippen LogP contribution in [-0.2, 0) is 14.3 Å². The number of amides is 2. The number of para-hydroxylation sites is 1. The molecule has 0 atom stereocenters. The molecule has 0 saturated carbocycles. The quantitative estimate of drug-likeness (QED) is 0.686. The third-order valence-electron chi connectivity index (χ3n) is 4.19. The third kappa shape index (κ3) is 6.34. The van der Waals surface area contributed by atoms with Crippen molar-refractivity contribution in [1.29, 1.82) is 0 Å². The van der Waals surface area contributed by atoms with Crippen LogP contribution in [0.25, 0.3) is 0 Å². The molecule has 0 heterocycles. The first-order valence-corrected chi connectivity index (χ1v) is 9.18. The molecule has 0 aromatic heterocycles. The fourth-order valence-corrected chi connectivity index (χ4v) is 2.78. The smallest absolute Gasteiger partial charge is 0.344 e. The number of hydrogen-bond donors (Lipinski definition) is 1. The summed E-state index contributed by atoms with van der Waals surface area (Å²) >= 11 is 0. The predicted molar refractivity (Wildman–Crippen MR) is 107 cm³/mol. The molecule has 1 N–H and O–H groups in total. The molecular weight excluding hydrogens is 374 g/mol.